The van der Waals surface area contributed by atoms with Gasteiger partial charge in [0.25, 0.3) is 0 Å². The molecule has 0 aliphatic rings. The van der Waals surface area contributed by atoms with Crippen molar-refractivity contribution in [2.45, 2.75) is 11.8 Å². The van der Waals surface area contributed by atoms with Gasteiger partial charge in [-0.3, -0.25) is 0 Å². The van der Waals surface area contributed by atoms with Gasteiger partial charge in [-0.05, 0) is 71.0 Å². The van der Waals surface area contributed by atoms with E-state index in [1.54, 1.807) is 43.3 Å². The van der Waals surface area contributed by atoms with Gasteiger partial charge in [-0.1, -0.05) is 48.5 Å². The normalized spacial score (nSPS) is 11.6. The topological polar surface area (TPSA) is 76.4 Å². The summed E-state index contributed by atoms with van der Waals surface area (Å²) in [5.74, 6) is 0.414. The van der Waals surface area contributed by atoms with Crippen LogP contribution in [-0.4, -0.2) is 15.0 Å². The Labute approximate surface area is 189 Å². The summed E-state index contributed by atoms with van der Waals surface area (Å²) in [7, 11) is -4.01. The van der Waals surface area contributed by atoms with Crippen LogP contribution in [0.15, 0.2) is 77.7 Å². The van der Waals surface area contributed by atoms with Gasteiger partial charge < -0.3 is 8.92 Å². The van der Waals surface area contributed by atoms with Crippen LogP contribution >= 0.6 is 22.6 Å². The first-order chi connectivity index (χ1) is 14.4. The number of ether oxygens (including phenoxy) is 1. The van der Waals surface area contributed by atoms with E-state index in [0.29, 0.717) is 27.1 Å². The Bertz CT molecular complexity index is 1200. The lowest BCUT2D eigenvalue weighted by Gasteiger charge is -2.14. The van der Waals surface area contributed by atoms with Crippen LogP contribution in [0.25, 0.3) is 11.6 Å². The summed E-state index contributed by atoms with van der Waals surface area (Å²) < 4.78 is 37.0. The SMILES string of the molecule is CCOc1cc(/C=C(\C#N)c2ccccc2)cc(I)c1OS(=O)(=O)c1ccccc1. The second-order valence-corrected chi connectivity index (χ2v) is 8.86. The molecule has 0 heterocycles. The molecule has 0 spiro atoms. The molecule has 0 amide bonds. The highest BCUT2D eigenvalue weighted by Gasteiger charge is 2.22. The molecule has 3 aromatic carbocycles. The highest BCUT2D eigenvalue weighted by atomic mass is 127. The Morgan fingerprint density at radius 2 is 1.70 bits per heavy atom. The molecular weight excluding hydrogens is 513 g/mol. The number of hydrogen-bond donors (Lipinski definition) is 0. The summed E-state index contributed by atoms with van der Waals surface area (Å²) >= 11 is 2.00. The third-order valence-corrected chi connectivity index (χ3v) is 6.11. The first kappa shape index (κ1) is 21.9. The minimum absolute atomic E-state index is 0.0584. The summed E-state index contributed by atoms with van der Waals surface area (Å²) in [4.78, 5) is 0.0584. The van der Waals surface area contributed by atoms with Crippen LogP contribution in [0.2, 0.25) is 0 Å². The van der Waals surface area contributed by atoms with Gasteiger partial charge in [0, 0.05) is 0 Å². The van der Waals surface area contributed by atoms with Gasteiger partial charge in [0.2, 0.25) is 0 Å². The predicted molar refractivity (Wildman–Crippen MR) is 125 cm³/mol. The van der Waals surface area contributed by atoms with Crippen molar-refractivity contribution >= 4 is 44.4 Å². The van der Waals surface area contributed by atoms with Gasteiger partial charge in [-0.2, -0.15) is 13.7 Å². The fourth-order valence-electron chi connectivity index (χ4n) is 2.72. The highest BCUT2D eigenvalue weighted by molar-refractivity contribution is 14.1. The lowest BCUT2D eigenvalue weighted by molar-refractivity contribution is 0.327. The van der Waals surface area contributed by atoms with Crippen LogP contribution < -0.4 is 8.92 Å². The fraction of sp³-hybridized carbons (Fsp3) is 0.0870. The number of hydrogen-bond acceptors (Lipinski definition) is 5. The van der Waals surface area contributed by atoms with Crippen molar-refractivity contribution in [3.05, 3.63) is 87.5 Å². The first-order valence-corrected chi connectivity index (χ1v) is 11.6. The minimum Gasteiger partial charge on any atom is -0.490 e. The second-order valence-electron chi connectivity index (χ2n) is 6.15. The lowest BCUT2D eigenvalue weighted by atomic mass is 10.0. The maximum Gasteiger partial charge on any atom is 0.339 e. The van der Waals surface area contributed by atoms with E-state index >= 15 is 0 Å². The van der Waals surface area contributed by atoms with E-state index in [-0.39, 0.29) is 10.6 Å². The third kappa shape index (κ3) is 5.20. The zero-order chi connectivity index (χ0) is 21.6. The smallest absolute Gasteiger partial charge is 0.339 e. The van der Waals surface area contributed by atoms with E-state index in [2.05, 4.69) is 6.07 Å². The van der Waals surface area contributed by atoms with Crippen molar-refractivity contribution in [2.24, 2.45) is 0 Å². The third-order valence-electron chi connectivity index (χ3n) is 4.07. The van der Waals surface area contributed by atoms with Crippen molar-refractivity contribution < 1.29 is 17.3 Å². The molecule has 7 heteroatoms. The molecular formula is C23H18INO4S. The molecule has 0 aliphatic carbocycles. The summed E-state index contributed by atoms with van der Waals surface area (Å²) in [6, 6.07) is 22.9. The van der Waals surface area contributed by atoms with Crippen LogP contribution in [0.3, 0.4) is 0 Å². The average molecular weight is 531 g/mol. The molecule has 0 aliphatic heterocycles. The number of allylic oxidation sites excluding steroid dienone is 1. The Hall–Kier alpha value is -2.83. The van der Waals surface area contributed by atoms with E-state index < -0.39 is 10.1 Å². The molecule has 5 nitrogen and oxygen atoms in total. The molecule has 152 valence electrons. The highest BCUT2D eigenvalue weighted by Crippen LogP contribution is 2.37. The quantitative estimate of drug-likeness (QED) is 0.174. The van der Waals surface area contributed by atoms with Crippen molar-refractivity contribution in [2.75, 3.05) is 6.61 Å². The zero-order valence-corrected chi connectivity index (χ0v) is 19.1. The predicted octanol–water partition coefficient (Wildman–Crippen LogP) is 5.52. The van der Waals surface area contributed by atoms with Gasteiger partial charge in [-0.15, -0.1) is 0 Å². The van der Waals surface area contributed by atoms with Crippen molar-refractivity contribution in [1.29, 1.82) is 5.26 Å². The van der Waals surface area contributed by atoms with Gasteiger partial charge >= 0.3 is 10.1 Å². The van der Waals surface area contributed by atoms with Gasteiger partial charge in [0.1, 0.15) is 4.90 Å². The molecule has 0 atom stereocenters. The lowest BCUT2D eigenvalue weighted by Crippen LogP contribution is -2.11. The number of rotatable bonds is 7. The maximum atomic E-state index is 12.7. The Balaban J connectivity index is 2.03. The molecule has 0 N–H and O–H groups in total. The summed E-state index contributed by atoms with van der Waals surface area (Å²) in [6.07, 6.45) is 1.73. The van der Waals surface area contributed by atoms with Crippen molar-refractivity contribution in [3.63, 3.8) is 0 Å². The number of halogens is 1. The average Bonchev–Trinajstić information content (AvgIpc) is 2.76. The van der Waals surface area contributed by atoms with Crippen molar-refractivity contribution in [3.8, 4) is 17.6 Å². The monoisotopic (exact) mass is 531 g/mol. The molecule has 0 radical (unpaired) electrons. The summed E-state index contributed by atoms with van der Waals surface area (Å²) in [5.41, 5.74) is 1.98. The van der Waals surface area contributed by atoms with Gasteiger partial charge in [0.05, 0.1) is 21.8 Å². The second kappa shape index (κ2) is 9.78. The maximum absolute atomic E-state index is 12.7. The molecule has 0 bridgehead atoms. The largest absolute Gasteiger partial charge is 0.490 e. The van der Waals surface area contributed by atoms with E-state index in [4.69, 9.17) is 8.92 Å². The molecule has 0 unspecified atom stereocenters. The molecule has 30 heavy (non-hydrogen) atoms. The summed E-state index contributed by atoms with van der Waals surface area (Å²) in [5, 5.41) is 9.56. The van der Waals surface area contributed by atoms with Crippen LogP contribution in [0, 0.1) is 14.9 Å². The van der Waals surface area contributed by atoms with Crippen molar-refractivity contribution in [1.82, 2.24) is 0 Å². The van der Waals surface area contributed by atoms with E-state index in [0.717, 1.165) is 5.56 Å². The molecule has 0 fully saturated rings. The molecule has 0 saturated carbocycles. The molecule has 0 aromatic heterocycles. The first-order valence-electron chi connectivity index (χ1n) is 9.07. The van der Waals surface area contributed by atoms with E-state index in [9.17, 15) is 13.7 Å². The van der Waals surface area contributed by atoms with Crippen LogP contribution in [0.4, 0.5) is 0 Å². The number of nitrogens with zero attached hydrogens (tertiary/aromatic N) is 1. The molecule has 3 rings (SSSR count). The Morgan fingerprint density at radius 3 is 2.30 bits per heavy atom. The van der Waals surface area contributed by atoms with Crippen LogP contribution in [0.1, 0.15) is 18.1 Å². The fourth-order valence-corrected chi connectivity index (χ4v) is 4.59. The minimum atomic E-state index is -4.01. The van der Waals surface area contributed by atoms with Gasteiger partial charge in [-0.25, -0.2) is 0 Å². The Morgan fingerprint density at radius 1 is 1.07 bits per heavy atom. The van der Waals surface area contributed by atoms with Gasteiger partial charge in [0.15, 0.2) is 11.5 Å². The number of benzene rings is 3. The standard InChI is InChI=1S/C23H18INO4S/c1-2-28-22-15-17(13-19(16-25)18-9-5-3-6-10-18)14-21(24)23(22)29-30(26,27)20-11-7-4-8-12-20/h3-15H,2H2,1H3/b19-13+. The molecule has 0 saturated heterocycles. The molecule has 3 aromatic rings. The van der Waals surface area contributed by atoms with Crippen LogP contribution in [0.5, 0.6) is 11.5 Å². The summed E-state index contributed by atoms with van der Waals surface area (Å²) in [6.45, 7) is 2.13. The van der Waals surface area contributed by atoms with E-state index in [1.807, 2.05) is 52.9 Å². The van der Waals surface area contributed by atoms with Crippen LogP contribution in [-0.2, 0) is 10.1 Å². The van der Waals surface area contributed by atoms with E-state index in [1.165, 1.54) is 12.1 Å². The Kier molecular flexibility index (Phi) is 7.13. The zero-order valence-electron chi connectivity index (χ0n) is 16.1. The number of nitriles is 1.